The van der Waals surface area contributed by atoms with Crippen molar-refractivity contribution in [2.75, 3.05) is 12.3 Å². The van der Waals surface area contributed by atoms with Crippen LogP contribution in [-0.2, 0) is 26.2 Å². The lowest BCUT2D eigenvalue weighted by Gasteiger charge is -2.17. The van der Waals surface area contributed by atoms with Crippen molar-refractivity contribution in [3.8, 4) is 0 Å². The maximum Gasteiger partial charge on any atom is 0.490 e. The Balaban J connectivity index is 0.000000426. The molecule has 0 spiro atoms. The molecule has 1 fully saturated rings. The smallest absolute Gasteiger partial charge is 0.475 e. The molecule has 3 heterocycles. The maximum absolute atomic E-state index is 12.9. The van der Waals surface area contributed by atoms with E-state index in [0.717, 1.165) is 26.4 Å². The third-order valence-electron chi connectivity index (χ3n) is 5.74. The molecule has 1 aliphatic heterocycles. The molecule has 9 nitrogen and oxygen atoms in total. The van der Waals surface area contributed by atoms with E-state index in [9.17, 15) is 26.4 Å². The van der Waals surface area contributed by atoms with E-state index in [0.29, 0.717) is 25.3 Å². The number of hydrogen-bond donors (Lipinski definition) is 3. The fourth-order valence-electron chi connectivity index (χ4n) is 3.90. The summed E-state index contributed by atoms with van der Waals surface area (Å²) >= 11 is 1.20. The number of aliphatic carboxylic acids is 1. The van der Waals surface area contributed by atoms with E-state index >= 15 is 0 Å². The molecule has 0 saturated carbocycles. The number of anilines is 1. The zero-order chi connectivity index (χ0) is 27.7. The first kappa shape index (κ1) is 27.3. The van der Waals surface area contributed by atoms with Gasteiger partial charge in [0, 0.05) is 29.4 Å². The number of nitrogens with zero attached hydrogens (tertiary/aromatic N) is 2. The highest BCUT2D eigenvalue weighted by atomic mass is 32.2. The zero-order valence-electron chi connectivity index (χ0n) is 19.5. The first-order valence-electron chi connectivity index (χ1n) is 11.1. The molecule has 1 saturated heterocycles. The van der Waals surface area contributed by atoms with Crippen molar-refractivity contribution in [1.82, 2.24) is 14.6 Å². The van der Waals surface area contributed by atoms with Gasteiger partial charge in [0.15, 0.2) is 0 Å². The number of hydrogen-bond acceptors (Lipinski definition) is 7. The van der Waals surface area contributed by atoms with Crippen molar-refractivity contribution in [3.63, 3.8) is 0 Å². The van der Waals surface area contributed by atoms with Gasteiger partial charge in [0.25, 0.3) is 10.0 Å². The molecule has 2 aromatic heterocycles. The minimum absolute atomic E-state index is 0.219. The second-order valence-corrected chi connectivity index (χ2v) is 11.4. The lowest BCUT2D eigenvalue weighted by Crippen LogP contribution is -2.41. The zero-order valence-corrected chi connectivity index (χ0v) is 21.1. The Bertz CT molecular complexity index is 1590. The van der Waals surface area contributed by atoms with Crippen LogP contribution in [-0.4, -0.2) is 54.0 Å². The Kier molecular flexibility index (Phi) is 7.58. The SMILES string of the molecule is Nc1nccc2ccc(CN3CC[C@H](NS(=O)(=O)c4cc5ccccc5s4)C3=O)cc12.O=C(O)C(F)(F)F. The number of halogens is 3. The van der Waals surface area contributed by atoms with Crippen LogP contribution in [0.1, 0.15) is 12.0 Å². The molecule has 1 atom stereocenters. The van der Waals surface area contributed by atoms with Gasteiger partial charge in [0.05, 0.1) is 0 Å². The molecule has 0 unspecified atom stereocenters. The summed E-state index contributed by atoms with van der Waals surface area (Å²) in [6.07, 6.45) is -2.99. The topological polar surface area (TPSA) is 143 Å². The number of carbonyl (C=O) groups is 2. The quantitative estimate of drug-likeness (QED) is 0.334. The van der Waals surface area contributed by atoms with Gasteiger partial charge in [-0.25, -0.2) is 18.2 Å². The summed E-state index contributed by atoms with van der Waals surface area (Å²) in [6, 6.07) is 16.1. The molecular formula is C24H21F3N4O5S2. The van der Waals surface area contributed by atoms with E-state index in [1.54, 1.807) is 17.2 Å². The predicted octanol–water partition coefficient (Wildman–Crippen LogP) is 3.74. The minimum atomic E-state index is -5.08. The Morgan fingerprint density at radius 2 is 1.87 bits per heavy atom. The van der Waals surface area contributed by atoms with E-state index in [2.05, 4.69) is 9.71 Å². The fraction of sp³-hybridized carbons (Fsp3) is 0.208. The van der Waals surface area contributed by atoms with E-state index in [1.165, 1.54) is 11.3 Å². The molecule has 0 aliphatic carbocycles. The van der Waals surface area contributed by atoms with Gasteiger partial charge in [0.2, 0.25) is 5.91 Å². The van der Waals surface area contributed by atoms with Crippen LogP contribution in [0.15, 0.2) is 65.0 Å². The highest BCUT2D eigenvalue weighted by Crippen LogP contribution is 2.29. The largest absolute Gasteiger partial charge is 0.490 e. The number of carbonyl (C=O) groups excluding carboxylic acids is 1. The normalized spacial score (nSPS) is 16.0. The molecule has 1 amide bonds. The lowest BCUT2D eigenvalue weighted by molar-refractivity contribution is -0.192. The second kappa shape index (κ2) is 10.6. The summed E-state index contributed by atoms with van der Waals surface area (Å²) in [4.78, 5) is 27.6. The lowest BCUT2D eigenvalue weighted by atomic mass is 10.1. The number of amides is 1. The van der Waals surface area contributed by atoms with Crippen molar-refractivity contribution >= 4 is 59.9 Å². The summed E-state index contributed by atoms with van der Waals surface area (Å²) < 4.78 is 61.2. The van der Waals surface area contributed by atoms with Crippen LogP contribution in [0, 0.1) is 0 Å². The first-order chi connectivity index (χ1) is 17.8. The Hall–Kier alpha value is -3.75. The number of fused-ring (bicyclic) bond motifs is 2. The van der Waals surface area contributed by atoms with Crippen LogP contribution >= 0.6 is 11.3 Å². The standard InChI is InChI=1S/C22H20N4O3S2.C2HF3O2/c23-21-17-11-14(5-6-15(17)7-9-24-21)13-26-10-8-18(22(26)27)25-31(28,29)20-12-16-3-1-2-4-19(16)30-20;3-2(4,5)1(6)7/h1-7,9,11-12,18,25H,8,10,13H2,(H2,23,24);(H,6,7)/t18-;/m0./s1. The number of nitrogens with one attached hydrogen (secondary N) is 1. The maximum atomic E-state index is 12.9. The minimum Gasteiger partial charge on any atom is -0.475 e. The third-order valence-corrected chi connectivity index (χ3v) is 8.80. The number of alkyl halides is 3. The number of likely N-dealkylation sites (tertiary alicyclic amines) is 1. The molecule has 5 rings (SSSR count). The number of aromatic nitrogens is 1. The molecule has 0 bridgehead atoms. The van der Waals surface area contributed by atoms with Gasteiger partial charge in [-0.05, 0) is 47.0 Å². The number of sulfonamides is 1. The average molecular weight is 567 g/mol. The van der Waals surface area contributed by atoms with E-state index < -0.39 is 28.2 Å². The number of rotatable bonds is 5. The van der Waals surface area contributed by atoms with Gasteiger partial charge >= 0.3 is 12.1 Å². The number of nitrogens with two attached hydrogens (primary N) is 1. The number of thiophene rings is 1. The van der Waals surface area contributed by atoms with E-state index in [1.807, 2.05) is 48.5 Å². The van der Waals surface area contributed by atoms with Crippen molar-refractivity contribution in [3.05, 3.63) is 66.4 Å². The van der Waals surface area contributed by atoms with Gasteiger partial charge in [-0.1, -0.05) is 30.3 Å². The van der Waals surface area contributed by atoms with Crippen molar-refractivity contribution in [2.24, 2.45) is 0 Å². The number of nitrogen functional groups attached to an aromatic ring is 1. The number of carboxylic acids is 1. The summed E-state index contributed by atoms with van der Waals surface area (Å²) in [5.74, 6) is -2.53. The summed E-state index contributed by atoms with van der Waals surface area (Å²) in [5, 5.41) is 9.82. The van der Waals surface area contributed by atoms with Crippen LogP contribution in [0.5, 0.6) is 0 Å². The summed E-state index contributed by atoms with van der Waals surface area (Å²) in [7, 11) is -3.77. The summed E-state index contributed by atoms with van der Waals surface area (Å²) in [6.45, 7) is 0.878. The van der Waals surface area contributed by atoms with Gasteiger partial charge < -0.3 is 15.7 Å². The van der Waals surface area contributed by atoms with Gasteiger partial charge in [0.1, 0.15) is 16.1 Å². The number of pyridine rings is 1. The molecule has 4 aromatic rings. The molecule has 4 N–H and O–H groups in total. The van der Waals surface area contributed by atoms with Crippen molar-refractivity contribution in [2.45, 2.75) is 29.4 Å². The Morgan fingerprint density at radius 3 is 2.55 bits per heavy atom. The Morgan fingerprint density at radius 1 is 1.16 bits per heavy atom. The molecule has 38 heavy (non-hydrogen) atoms. The van der Waals surface area contributed by atoms with E-state index in [4.69, 9.17) is 15.6 Å². The second-order valence-electron chi connectivity index (χ2n) is 8.38. The van der Waals surface area contributed by atoms with E-state index in [-0.39, 0.29) is 10.1 Å². The van der Waals surface area contributed by atoms with Crippen LogP contribution in [0.2, 0.25) is 0 Å². The van der Waals surface area contributed by atoms with Crippen LogP contribution in [0.3, 0.4) is 0 Å². The van der Waals surface area contributed by atoms with Crippen molar-refractivity contribution < 1.29 is 36.3 Å². The van der Waals surface area contributed by atoms with Gasteiger partial charge in [-0.3, -0.25) is 4.79 Å². The highest BCUT2D eigenvalue weighted by molar-refractivity contribution is 7.91. The molecule has 14 heteroatoms. The fourth-order valence-corrected chi connectivity index (χ4v) is 6.54. The molecule has 0 radical (unpaired) electrons. The number of carboxylic acid groups (broad SMARTS) is 1. The summed E-state index contributed by atoms with van der Waals surface area (Å²) in [5.41, 5.74) is 6.89. The Labute approximate surface area is 218 Å². The average Bonchev–Trinajstić information content (AvgIpc) is 3.44. The van der Waals surface area contributed by atoms with Crippen LogP contribution in [0.4, 0.5) is 19.0 Å². The molecular weight excluding hydrogens is 545 g/mol. The highest BCUT2D eigenvalue weighted by Gasteiger charge is 2.38. The van der Waals surface area contributed by atoms with Crippen molar-refractivity contribution in [1.29, 1.82) is 0 Å². The third kappa shape index (κ3) is 6.03. The monoisotopic (exact) mass is 566 g/mol. The molecule has 2 aromatic carbocycles. The van der Waals surface area contributed by atoms with Gasteiger partial charge in [-0.2, -0.15) is 17.9 Å². The first-order valence-corrected chi connectivity index (χ1v) is 13.4. The molecule has 1 aliphatic rings. The van der Waals surface area contributed by atoms with Crippen LogP contribution in [0.25, 0.3) is 20.9 Å². The van der Waals surface area contributed by atoms with Crippen LogP contribution < -0.4 is 10.5 Å². The number of benzene rings is 2. The van der Waals surface area contributed by atoms with Gasteiger partial charge in [-0.15, -0.1) is 11.3 Å². The molecule has 200 valence electrons. The predicted molar refractivity (Wildman–Crippen MR) is 136 cm³/mol.